The van der Waals surface area contributed by atoms with Gasteiger partial charge in [-0.1, -0.05) is 12.1 Å². The first kappa shape index (κ1) is 18.7. The molecule has 0 saturated carbocycles. The van der Waals surface area contributed by atoms with Crippen LogP contribution in [0, 0.1) is 5.82 Å². The summed E-state index contributed by atoms with van der Waals surface area (Å²) in [4.78, 5) is 8.40. The van der Waals surface area contributed by atoms with Crippen LogP contribution in [-0.2, 0) is 11.3 Å². The molecule has 25 heavy (non-hydrogen) atoms. The van der Waals surface area contributed by atoms with Crippen LogP contribution in [0.3, 0.4) is 0 Å². The van der Waals surface area contributed by atoms with Crippen molar-refractivity contribution in [3.8, 4) is 11.6 Å². The smallest absolute Gasteiger partial charge is 0.224 e. The lowest BCUT2D eigenvalue weighted by molar-refractivity contribution is 0.195. The zero-order chi connectivity index (χ0) is 17.9. The van der Waals surface area contributed by atoms with Gasteiger partial charge in [-0.3, -0.25) is 4.99 Å². The first-order valence-corrected chi connectivity index (χ1v) is 8.03. The lowest BCUT2D eigenvalue weighted by Crippen LogP contribution is -2.37. The molecule has 7 heteroatoms. The van der Waals surface area contributed by atoms with Crippen molar-refractivity contribution >= 4 is 5.96 Å². The third-order valence-corrected chi connectivity index (χ3v) is 3.35. The van der Waals surface area contributed by atoms with Gasteiger partial charge in [-0.2, -0.15) is 0 Å². The average molecular weight is 346 g/mol. The quantitative estimate of drug-likeness (QED) is 0.437. The normalized spacial score (nSPS) is 11.2. The predicted molar refractivity (Wildman–Crippen MR) is 95.4 cm³/mol. The minimum Gasteiger partial charge on any atom is -0.439 e. The summed E-state index contributed by atoms with van der Waals surface area (Å²) in [6, 6.07) is 9.69. The largest absolute Gasteiger partial charge is 0.439 e. The monoisotopic (exact) mass is 346 g/mol. The van der Waals surface area contributed by atoms with E-state index in [1.807, 2.05) is 12.1 Å². The van der Waals surface area contributed by atoms with Crippen LogP contribution in [0.4, 0.5) is 4.39 Å². The Morgan fingerprint density at radius 2 is 2.12 bits per heavy atom. The molecule has 0 aliphatic rings. The molecule has 0 bridgehead atoms. The van der Waals surface area contributed by atoms with Crippen LogP contribution in [0.2, 0.25) is 0 Å². The topological polar surface area (TPSA) is 67.8 Å². The van der Waals surface area contributed by atoms with Crippen LogP contribution in [0.5, 0.6) is 11.6 Å². The average Bonchev–Trinajstić information content (AvgIpc) is 2.62. The number of guanidine groups is 1. The number of ether oxygens (including phenoxy) is 2. The number of methoxy groups -OCH3 is 1. The highest BCUT2D eigenvalue weighted by molar-refractivity contribution is 5.79. The van der Waals surface area contributed by atoms with Crippen molar-refractivity contribution in [3.63, 3.8) is 0 Å². The summed E-state index contributed by atoms with van der Waals surface area (Å²) in [6.07, 6.45) is 2.52. The molecule has 0 unspecified atom stereocenters. The Balaban J connectivity index is 1.95. The molecule has 2 rings (SSSR count). The van der Waals surface area contributed by atoms with Gasteiger partial charge in [0.25, 0.3) is 0 Å². The van der Waals surface area contributed by atoms with Crippen molar-refractivity contribution in [3.05, 3.63) is 54.0 Å². The zero-order valence-corrected chi connectivity index (χ0v) is 14.5. The fourth-order valence-electron chi connectivity index (χ4n) is 2.12. The number of nitrogens with zero attached hydrogens (tertiary/aromatic N) is 2. The van der Waals surface area contributed by atoms with E-state index in [-0.39, 0.29) is 5.82 Å². The number of rotatable bonds is 8. The number of benzene rings is 1. The van der Waals surface area contributed by atoms with Crippen LogP contribution in [0.25, 0.3) is 0 Å². The first-order chi connectivity index (χ1) is 12.2. The standard InChI is InChI=1S/C18H23FN4O2/c1-20-18(22-10-5-11-24-2)23-13-14-6-4-9-21-17(14)25-16-8-3-7-15(19)12-16/h3-4,6-9,12H,5,10-11,13H2,1-2H3,(H2,20,22,23). The van der Waals surface area contributed by atoms with E-state index < -0.39 is 0 Å². The fourth-order valence-corrected chi connectivity index (χ4v) is 2.12. The van der Waals surface area contributed by atoms with Gasteiger partial charge in [-0.25, -0.2) is 9.37 Å². The second kappa shape index (κ2) is 10.2. The molecular weight excluding hydrogens is 323 g/mol. The maximum Gasteiger partial charge on any atom is 0.224 e. The minimum atomic E-state index is -0.353. The summed E-state index contributed by atoms with van der Waals surface area (Å²) in [5, 5.41) is 6.40. The van der Waals surface area contributed by atoms with Crippen LogP contribution in [-0.4, -0.2) is 38.3 Å². The molecule has 2 aromatic rings. The SMILES string of the molecule is CN=C(NCCCOC)NCc1cccnc1Oc1cccc(F)c1. The minimum absolute atomic E-state index is 0.353. The van der Waals surface area contributed by atoms with Crippen LogP contribution in [0.15, 0.2) is 47.6 Å². The molecule has 1 heterocycles. The van der Waals surface area contributed by atoms with Gasteiger partial charge in [0.2, 0.25) is 5.88 Å². The Morgan fingerprint density at radius 1 is 1.24 bits per heavy atom. The second-order valence-electron chi connectivity index (χ2n) is 5.23. The van der Waals surface area contributed by atoms with Crippen molar-refractivity contribution < 1.29 is 13.9 Å². The molecule has 0 fully saturated rings. The summed E-state index contributed by atoms with van der Waals surface area (Å²) in [5.41, 5.74) is 0.839. The summed E-state index contributed by atoms with van der Waals surface area (Å²) in [6.45, 7) is 1.92. The highest BCUT2D eigenvalue weighted by Gasteiger charge is 2.08. The number of aromatic nitrogens is 1. The Labute approximate surface area is 147 Å². The van der Waals surface area contributed by atoms with E-state index in [1.165, 1.54) is 12.1 Å². The molecule has 6 nitrogen and oxygen atoms in total. The van der Waals surface area contributed by atoms with Crippen molar-refractivity contribution in [1.82, 2.24) is 15.6 Å². The van der Waals surface area contributed by atoms with Gasteiger partial charge in [0, 0.05) is 51.7 Å². The van der Waals surface area contributed by atoms with E-state index >= 15 is 0 Å². The van der Waals surface area contributed by atoms with Gasteiger partial charge < -0.3 is 20.1 Å². The second-order valence-corrected chi connectivity index (χ2v) is 5.23. The summed E-state index contributed by atoms with van der Waals surface area (Å²) in [7, 11) is 3.38. The lowest BCUT2D eigenvalue weighted by atomic mass is 10.2. The molecule has 134 valence electrons. The maximum absolute atomic E-state index is 13.3. The van der Waals surface area contributed by atoms with Crippen LogP contribution < -0.4 is 15.4 Å². The number of aliphatic imine (C=N–C) groups is 1. The number of hydrogen-bond acceptors (Lipinski definition) is 4. The summed E-state index contributed by atoms with van der Waals surface area (Å²) < 4.78 is 24.0. The highest BCUT2D eigenvalue weighted by atomic mass is 19.1. The van der Waals surface area contributed by atoms with Gasteiger partial charge in [0.1, 0.15) is 11.6 Å². The Bertz CT molecular complexity index is 694. The fraction of sp³-hybridized carbons (Fsp3) is 0.333. The third kappa shape index (κ3) is 6.39. The molecular formula is C18H23FN4O2. The number of halogens is 1. The molecule has 0 spiro atoms. The third-order valence-electron chi connectivity index (χ3n) is 3.35. The van der Waals surface area contributed by atoms with Crippen molar-refractivity contribution in [2.45, 2.75) is 13.0 Å². The molecule has 0 saturated heterocycles. The summed E-state index contributed by atoms with van der Waals surface area (Å²) >= 11 is 0. The number of nitrogens with one attached hydrogen (secondary N) is 2. The van der Waals surface area contributed by atoms with Gasteiger partial charge in [0.15, 0.2) is 5.96 Å². The predicted octanol–water partition coefficient (Wildman–Crippen LogP) is 2.71. The summed E-state index contributed by atoms with van der Waals surface area (Å²) in [5.74, 6) is 1.16. The van der Waals surface area contributed by atoms with Gasteiger partial charge in [-0.05, 0) is 24.6 Å². The molecule has 0 radical (unpaired) electrons. The lowest BCUT2D eigenvalue weighted by Gasteiger charge is -2.14. The Kier molecular flexibility index (Phi) is 7.65. The highest BCUT2D eigenvalue weighted by Crippen LogP contribution is 2.23. The van der Waals surface area contributed by atoms with Crippen LogP contribution in [0.1, 0.15) is 12.0 Å². The van der Waals surface area contributed by atoms with E-state index in [2.05, 4.69) is 20.6 Å². The zero-order valence-electron chi connectivity index (χ0n) is 14.5. The Hall–Kier alpha value is -2.67. The van der Waals surface area contributed by atoms with Crippen LogP contribution >= 0.6 is 0 Å². The van der Waals surface area contributed by atoms with Crippen molar-refractivity contribution in [1.29, 1.82) is 0 Å². The molecule has 1 aromatic heterocycles. The molecule has 1 aromatic carbocycles. The van der Waals surface area contributed by atoms with Gasteiger partial charge in [0.05, 0.1) is 0 Å². The first-order valence-electron chi connectivity index (χ1n) is 8.03. The van der Waals surface area contributed by atoms with Gasteiger partial charge in [-0.15, -0.1) is 0 Å². The van der Waals surface area contributed by atoms with E-state index in [4.69, 9.17) is 9.47 Å². The van der Waals surface area contributed by atoms with Crippen molar-refractivity contribution in [2.75, 3.05) is 27.3 Å². The van der Waals surface area contributed by atoms with Crippen molar-refractivity contribution in [2.24, 2.45) is 4.99 Å². The number of hydrogen-bond donors (Lipinski definition) is 2. The van der Waals surface area contributed by atoms with E-state index in [9.17, 15) is 4.39 Å². The molecule has 2 N–H and O–H groups in total. The number of pyridine rings is 1. The molecule has 0 amide bonds. The molecule has 0 aliphatic carbocycles. The van der Waals surface area contributed by atoms with E-state index in [1.54, 1.807) is 32.5 Å². The molecule has 0 aliphatic heterocycles. The van der Waals surface area contributed by atoms with E-state index in [0.717, 1.165) is 18.5 Å². The maximum atomic E-state index is 13.3. The van der Waals surface area contributed by atoms with Gasteiger partial charge >= 0.3 is 0 Å². The van der Waals surface area contributed by atoms with E-state index in [0.29, 0.717) is 30.7 Å². The molecule has 0 atom stereocenters. The Morgan fingerprint density at radius 3 is 2.88 bits per heavy atom.